The number of primary amides is 2. The molecule has 6 atom stereocenters. The Morgan fingerprint density at radius 3 is 1.87 bits per heavy atom. The maximum Gasteiger partial charge on any atom is 0.245 e. The maximum absolute atomic E-state index is 14.6. The number of likely N-dealkylation sites (N-methyl/N-ethyl adjacent to an activating group) is 2. The molecule has 6 unspecified atom stereocenters. The second-order valence-corrected chi connectivity index (χ2v) is 16.8. The molecule has 19 heteroatoms. The Morgan fingerprint density at radius 1 is 0.758 bits per heavy atom. The minimum atomic E-state index is -1.31. The summed E-state index contributed by atoms with van der Waals surface area (Å²) < 4.78 is 0. The lowest BCUT2D eigenvalue weighted by Crippen LogP contribution is -2.59. The van der Waals surface area contributed by atoms with Crippen molar-refractivity contribution in [3.05, 3.63) is 71.8 Å². The van der Waals surface area contributed by atoms with Crippen LogP contribution in [0.5, 0.6) is 0 Å². The van der Waals surface area contributed by atoms with E-state index in [4.69, 9.17) is 11.5 Å². The summed E-state index contributed by atoms with van der Waals surface area (Å²) >= 11 is 1.49. The van der Waals surface area contributed by atoms with E-state index in [2.05, 4.69) is 26.6 Å². The van der Waals surface area contributed by atoms with Crippen molar-refractivity contribution >= 4 is 64.9 Å². The first kappa shape index (κ1) is 50.4. The quantitative estimate of drug-likeness (QED) is 0.0674. The number of nitrogens with zero attached hydrogens (tertiary/aromatic N) is 2. The monoisotopic (exact) mass is 879 g/mol. The van der Waals surface area contributed by atoms with E-state index in [1.807, 2.05) is 20.1 Å². The molecular formula is C43H61N9O9S. The van der Waals surface area contributed by atoms with Crippen molar-refractivity contribution in [2.75, 3.05) is 32.6 Å². The van der Waals surface area contributed by atoms with Gasteiger partial charge >= 0.3 is 0 Å². The van der Waals surface area contributed by atoms with Crippen LogP contribution in [0.1, 0.15) is 63.5 Å². The molecule has 2 aromatic rings. The Bertz CT molecular complexity index is 1890. The molecule has 0 spiro atoms. The van der Waals surface area contributed by atoms with E-state index < -0.39 is 90.1 Å². The van der Waals surface area contributed by atoms with Gasteiger partial charge in [0.05, 0.1) is 6.54 Å². The second-order valence-electron chi connectivity index (χ2n) is 15.8. The van der Waals surface area contributed by atoms with Crippen molar-refractivity contribution in [3.8, 4) is 0 Å². The zero-order chi connectivity index (χ0) is 45.9. The van der Waals surface area contributed by atoms with Crippen LogP contribution >= 0.6 is 11.8 Å². The average molecular weight is 880 g/mol. The minimum absolute atomic E-state index is 0.0210. The van der Waals surface area contributed by atoms with Crippen LogP contribution in [-0.2, 0) is 56.0 Å². The number of nitrogens with two attached hydrogens (primary N) is 2. The normalized spacial score (nSPS) is 15.8. The molecule has 62 heavy (non-hydrogen) atoms. The fraction of sp³-hybridized carbons (Fsp3) is 0.512. The zero-order valence-corrected chi connectivity index (χ0v) is 36.8. The Balaban J connectivity index is 1.89. The highest BCUT2D eigenvalue weighted by Crippen LogP contribution is 2.16. The van der Waals surface area contributed by atoms with Gasteiger partial charge in [-0.15, -0.1) is 0 Å². The van der Waals surface area contributed by atoms with E-state index in [1.165, 1.54) is 30.8 Å². The number of hydrogen-bond donors (Lipinski definition) is 7. The highest BCUT2D eigenvalue weighted by atomic mass is 32.2. The lowest BCUT2D eigenvalue weighted by atomic mass is 10.00. The van der Waals surface area contributed by atoms with Gasteiger partial charge in [0.25, 0.3) is 0 Å². The molecule has 1 heterocycles. The van der Waals surface area contributed by atoms with Crippen molar-refractivity contribution in [3.63, 3.8) is 0 Å². The molecule has 2 aromatic carbocycles. The Labute approximate surface area is 366 Å². The van der Waals surface area contributed by atoms with Gasteiger partial charge in [-0.1, -0.05) is 74.5 Å². The summed E-state index contributed by atoms with van der Waals surface area (Å²) in [7, 11) is 2.81. The Hall–Kier alpha value is -5.98. The van der Waals surface area contributed by atoms with Crippen LogP contribution in [0.25, 0.3) is 0 Å². The van der Waals surface area contributed by atoms with Gasteiger partial charge in [0.1, 0.15) is 36.3 Å². The summed E-state index contributed by atoms with van der Waals surface area (Å²) in [6, 6.07) is 11.1. The van der Waals surface area contributed by atoms with Crippen LogP contribution in [0.3, 0.4) is 0 Å². The van der Waals surface area contributed by atoms with E-state index in [1.54, 1.807) is 60.7 Å². The summed E-state index contributed by atoms with van der Waals surface area (Å²) in [6.45, 7) is 3.24. The third kappa shape index (κ3) is 16.5. The van der Waals surface area contributed by atoms with Crippen LogP contribution in [0.15, 0.2) is 60.7 Å². The van der Waals surface area contributed by atoms with Gasteiger partial charge in [0.15, 0.2) is 0 Å². The van der Waals surface area contributed by atoms with Crippen molar-refractivity contribution < 1.29 is 43.2 Å². The zero-order valence-electron chi connectivity index (χ0n) is 36.0. The second kappa shape index (κ2) is 25.1. The van der Waals surface area contributed by atoms with Gasteiger partial charge < -0.3 is 47.9 Å². The van der Waals surface area contributed by atoms with Gasteiger partial charge in [-0.3, -0.25) is 43.2 Å². The maximum atomic E-state index is 14.6. The summed E-state index contributed by atoms with van der Waals surface area (Å²) in [4.78, 5) is 121. The number of rotatable bonds is 25. The Morgan fingerprint density at radius 2 is 1.34 bits per heavy atom. The molecule has 1 fully saturated rings. The summed E-state index contributed by atoms with van der Waals surface area (Å²) in [5.74, 6) is -5.18. The van der Waals surface area contributed by atoms with Crippen LogP contribution in [-0.4, -0.2) is 132 Å². The topological polar surface area (TPSA) is 272 Å². The number of nitrogens with one attached hydrogen (secondary N) is 5. The van der Waals surface area contributed by atoms with Crippen molar-refractivity contribution in [2.45, 2.75) is 101 Å². The molecule has 18 nitrogen and oxygen atoms in total. The fourth-order valence-electron chi connectivity index (χ4n) is 6.87. The lowest BCUT2D eigenvalue weighted by Gasteiger charge is -2.34. The SMILES string of the molecule is CSCCC(NC(=O)C(CC(C)C)NC(=O)CN(C)C(=O)C(Cc1ccccc1)N(C)C(=O)C(Cc1ccccc1)NC(=O)C(CCC(N)=O)NC(=O)C1CCC(=O)N1)C(N)=O. The first-order valence-electron chi connectivity index (χ1n) is 20.6. The molecule has 3 rings (SSSR count). The molecule has 0 aromatic heterocycles. The molecule has 1 aliphatic rings. The van der Waals surface area contributed by atoms with Gasteiger partial charge in [-0.25, -0.2) is 0 Å². The van der Waals surface area contributed by atoms with E-state index in [0.717, 1.165) is 4.90 Å². The van der Waals surface area contributed by atoms with Crippen LogP contribution < -0.4 is 38.1 Å². The number of hydrogen-bond acceptors (Lipinski definition) is 10. The number of carbonyl (C=O) groups excluding carboxylic acids is 9. The number of carbonyl (C=O) groups is 9. The predicted molar refractivity (Wildman–Crippen MR) is 233 cm³/mol. The molecule has 0 aliphatic carbocycles. The first-order valence-corrected chi connectivity index (χ1v) is 21.9. The van der Waals surface area contributed by atoms with Crippen molar-refractivity contribution in [1.82, 2.24) is 36.4 Å². The van der Waals surface area contributed by atoms with Gasteiger partial charge in [0.2, 0.25) is 53.2 Å². The third-order valence-corrected chi connectivity index (χ3v) is 10.9. The molecule has 0 radical (unpaired) electrons. The number of amides is 9. The van der Waals surface area contributed by atoms with Gasteiger partial charge in [-0.05, 0) is 54.7 Å². The largest absolute Gasteiger partial charge is 0.370 e. The van der Waals surface area contributed by atoms with E-state index in [9.17, 15) is 43.2 Å². The summed E-state index contributed by atoms with van der Waals surface area (Å²) in [6.07, 6.45) is 2.27. The summed E-state index contributed by atoms with van der Waals surface area (Å²) in [5, 5.41) is 13.2. The highest BCUT2D eigenvalue weighted by molar-refractivity contribution is 7.98. The summed E-state index contributed by atoms with van der Waals surface area (Å²) in [5.41, 5.74) is 12.3. The van der Waals surface area contributed by atoms with Gasteiger partial charge in [0, 0.05) is 39.8 Å². The number of benzene rings is 2. The van der Waals surface area contributed by atoms with Crippen LogP contribution in [0.2, 0.25) is 0 Å². The highest BCUT2D eigenvalue weighted by Gasteiger charge is 2.37. The molecular weight excluding hydrogens is 819 g/mol. The first-order chi connectivity index (χ1) is 29.4. The van der Waals surface area contributed by atoms with E-state index >= 15 is 0 Å². The molecule has 1 saturated heterocycles. The average Bonchev–Trinajstić information content (AvgIpc) is 3.68. The van der Waals surface area contributed by atoms with Crippen LogP contribution in [0.4, 0.5) is 0 Å². The fourth-order valence-corrected chi connectivity index (χ4v) is 7.34. The third-order valence-electron chi connectivity index (χ3n) is 10.3. The Kier molecular flexibility index (Phi) is 20.4. The standard InChI is InChI=1S/C43H61N9O9S/c1-26(2)22-32(41(59)48-29(38(45)56)20-21-62-5)47-37(55)25-51(3)43(61)34(24-28-14-10-7-11-15-28)52(4)42(60)33(23-27-12-8-6-9-13-27)50-40(58)31(16-18-35(44)53)49-39(57)30-17-19-36(54)46-30/h6-15,26,29-34H,16-25H2,1-5H3,(H2,44,53)(H2,45,56)(H,46,54)(H,47,55)(H,48,59)(H,49,57)(H,50,58). The molecule has 1 aliphatic heterocycles. The molecule has 9 amide bonds. The molecule has 0 bridgehead atoms. The minimum Gasteiger partial charge on any atom is -0.370 e. The molecule has 9 N–H and O–H groups in total. The molecule has 338 valence electrons. The molecule has 0 saturated carbocycles. The lowest BCUT2D eigenvalue weighted by molar-refractivity contribution is -0.147. The van der Waals surface area contributed by atoms with E-state index in [0.29, 0.717) is 23.3 Å². The van der Waals surface area contributed by atoms with Crippen molar-refractivity contribution in [1.29, 1.82) is 0 Å². The predicted octanol–water partition coefficient (Wildman–Crippen LogP) is -0.475. The van der Waals surface area contributed by atoms with E-state index in [-0.39, 0.29) is 56.8 Å². The van der Waals surface area contributed by atoms with Crippen molar-refractivity contribution in [2.24, 2.45) is 17.4 Å². The van der Waals surface area contributed by atoms with Gasteiger partial charge in [-0.2, -0.15) is 11.8 Å². The van der Waals surface area contributed by atoms with Crippen LogP contribution in [0, 0.1) is 5.92 Å². The number of thioether (sulfide) groups is 1. The smallest absolute Gasteiger partial charge is 0.245 e.